The van der Waals surface area contributed by atoms with Crippen LogP contribution in [0.5, 0.6) is 0 Å². The zero-order valence-corrected chi connectivity index (χ0v) is 15.0. The number of hydrogen-bond donors (Lipinski definition) is 1. The molecule has 0 saturated carbocycles. The number of amides is 1. The van der Waals surface area contributed by atoms with Gasteiger partial charge >= 0.3 is 0 Å². The highest BCUT2D eigenvalue weighted by atomic mass is 16.5. The molecule has 1 atom stereocenters. The first-order valence-electron chi connectivity index (χ1n) is 9.09. The van der Waals surface area contributed by atoms with Gasteiger partial charge in [-0.25, -0.2) is 4.68 Å². The van der Waals surface area contributed by atoms with Crippen molar-refractivity contribution < 1.29 is 9.53 Å². The molecular weight excluding hydrogens is 340 g/mol. The molecule has 27 heavy (non-hydrogen) atoms. The Hall–Kier alpha value is -3.12. The predicted octanol–water partition coefficient (Wildman–Crippen LogP) is 2.51. The highest BCUT2D eigenvalue weighted by molar-refractivity contribution is 5.94. The molecule has 0 spiro atoms. The van der Waals surface area contributed by atoms with Crippen molar-refractivity contribution in [1.29, 1.82) is 0 Å². The Morgan fingerprint density at radius 1 is 1.11 bits per heavy atom. The molecule has 0 aliphatic carbocycles. The van der Waals surface area contributed by atoms with Crippen LogP contribution >= 0.6 is 0 Å². The second-order valence-electron chi connectivity index (χ2n) is 6.49. The number of rotatable bonds is 5. The fraction of sp³-hybridized carbons (Fsp3) is 0.238. The normalized spacial score (nSPS) is 16.9. The van der Waals surface area contributed by atoms with Crippen LogP contribution in [0.1, 0.15) is 10.4 Å². The Kier molecular flexibility index (Phi) is 5.16. The maximum Gasteiger partial charge on any atom is 0.251 e. The number of carbonyl (C=O) groups is 1. The molecule has 0 unspecified atom stereocenters. The summed E-state index contributed by atoms with van der Waals surface area (Å²) in [4.78, 5) is 14.8. The Morgan fingerprint density at radius 2 is 1.96 bits per heavy atom. The zero-order valence-electron chi connectivity index (χ0n) is 15.0. The first kappa shape index (κ1) is 17.3. The summed E-state index contributed by atoms with van der Waals surface area (Å²) >= 11 is 0. The molecule has 1 aromatic heterocycles. The number of ether oxygens (including phenoxy) is 1. The molecule has 0 radical (unpaired) electrons. The molecule has 6 nitrogen and oxygen atoms in total. The molecular formula is C21H22N4O2. The summed E-state index contributed by atoms with van der Waals surface area (Å²) in [5, 5.41) is 7.20. The van der Waals surface area contributed by atoms with Crippen LogP contribution in [0.25, 0.3) is 5.69 Å². The highest BCUT2D eigenvalue weighted by Crippen LogP contribution is 2.17. The summed E-state index contributed by atoms with van der Waals surface area (Å²) in [7, 11) is 0. The molecule has 2 aromatic carbocycles. The van der Waals surface area contributed by atoms with E-state index in [1.165, 1.54) is 5.69 Å². The van der Waals surface area contributed by atoms with E-state index in [0.717, 1.165) is 18.8 Å². The van der Waals surface area contributed by atoms with E-state index < -0.39 is 0 Å². The molecule has 6 heteroatoms. The lowest BCUT2D eigenvalue weighted by atomic mass is 10.1. The van der Waals surface area contributed by atoms with E-state index in [2.05, 4.69) is 27.4 Å². The van der Waals surface area contributed by atoms with Gasteiger partial charge in [0.15, 0.2) is 0 Å². The Bertz CT molecular complexity index is 880. The average Bonchev–Trinajstić information content (AvgIpc) is 3.28. The molecule has 0 bridgehead atoms. The monoisotopic (exact) mass is 362 g/mol. The van der Waals surface area contributed by atoms with Crippen LogP contribution in [0.15, 0.2) is 73.1 Å². The van der Waals surface area contributed by atoms with Crippen molar-refractivity contribution in [2.45, 2.75) is 6.10 Å². The smallest absolute Gasteiger partial charge is 0.251 e. The molecule has 1 aliphatic rings. The van der Waals surface area contributed by atoms with Crippen molar-refractivity contribution >= 4 is 11.6 Å². The SMILES string of the molecule is O=C(NC[C@@H]1CN(c2ccccc2)CCO1)c1cccc(-n2cccn2)c1. The lowest BCUT2D eigenvalue weighted by molar-refractivity contribution is 0.0397. The van der Waals surface area contributed by atoms with Gasteiger partial charge in [0, 0.05) is 43.3 Å². The van der Waals surface area contributed by atoms with Crippen LogP contribution in [0.3, 0.4) is 0 Å². The maximum atomic E-state index is 12.6. The lowest BCUT2D eigenvalue weighted by Crippen LogP contribution is -2.47. The van der Waals surface area contributed by atoms with E-state index in [0.29, 0.717) is 18.7 Å². The topological polar surface area (TPSA) is 59.4 Å². The number of benzene rings is 2. The Labute approximate surface area is 158 Å². The second kappa shape index (κ2) is 8.05. The van der Waals surface area contributed by atoms with Crippen molar-refractivity contribution in [3.05, 3.63) is 78.6 Å². The maximum absolute atomic E-state index is 12.6. The van der Waals surface area contributed by atoms with Crippen molar-refractivity contribution in [2.24, 2.45) is 0 Å². The van der Waals surface area contributed by atoms with E-state index in [9.17, 15) is 4.79 Å². The van der Waals surface area contributed by atoms with Gasteiger partial charge in [0.25, 0.3) is 5.91 Å². The van der Waals surface area contributed by atoms with E-state index in [1.54, 1.807) is 16.9 Å². The predicted molar refractivity (Wildman–Crippen MR) is 104 cm³/mol. The minimum Gasteiger partial charge on any atom is -0.373 e. The summed E-state index contributed by atoms with van der Waals surface area (Å²) in [6.45, 7) is 2.76. The number of anilines is 1. The van der Waals surface area contributed by atoms with Crippen LogP contribution in [0.4, 0.5) is 5.69 Å². The Morgan fingerprint density at radius 3 is 2.78 bits per heavy atom. The van der Waals surface area contributed by atoms with Crippen molar-refractivity contribution in [2.75, 3.05) is 31.1 Å². The molecule has 1 aliphatic heterocycles. The van der Waals surface area contributed by atoms with E-state index in [4.69, 9.17) is 4.74 Å². The molecule has 4 rings (SSSR count). The van der Waals surface area contributed by atoms with Crippen LogP contribution in [-0.2, 0) is 4.74 Å². The molecule has 2 heterocycles. The number of carbonyl (C=O) groups excluding carboxylic acids is 1. The van der Waals surface area contributed by atoms with Crippen LogP contribution < -0.4 is 10.2 Å². The molecule has 1 fully saturated rings. The van der Waals surface area contributed by atoms with Gasteiger partial charge in [-0.1, -0.05) is 24.3 Å². The molecule has 3 aromatic rings. The van der Waals surface area contributed by atoms with E-state index >= 15 is 0 Å². The third-order valence-corrected chi connectivity index (χ3v) is 4.63. The van der Waals surface area contributed by atoms with Gasteiger partial charge in [0.05, 0.1) is 18.4 Å². The van der Waals surface area contributed by atoms with Gasteiger partial charge in [-0.3, -0.25) is 4.79 Å². The van der Waals surface area contributed by atoms with Gasteiger partial charge in [-0.05, 0) is 36.4 Å². The van der Waals surface area contributed by atoms with Crippen LogP contribution in [0, 0.1) is 0 Å². The number of nitrogens with one attached hydrogen (secondary N) is 1. The third kappa shape index (κ3) is 4.17. The summed E-state index contributed by atoms with van der Waals surface area (Å²) < 4.78 is 7.56. The molecule has 1 N–H and O–H groups in total. The summed E-state index contributed by atoms with van der Waals surface area (Å²) in [5.74, 6) is -0.107. The van der Waals surface area contributed by atoms with Gasteiger partial charge < -0.3 is 15.0 Å². The van der Waals surface area contributed by atoms with Crippen molar-refractivity contribution in [1.82, 2.24) is 15.1 Å². The highest BCUT2D eigenvalue weighted by Gasteiger charge is 2.21. The summed E-state index contributed by atoms with van der Waals surface area (Å²) in [6, 6.07) is 19.6. The second-order valence-corrected chi connectivity index (χ2v) is 6.49. The number of para-hydroxylation sites is 1. The zero-order chi connectivity index (χ0) is 18.5. The van der Waals surface area contributed by atoms with Gasteiger partial charge in [-0.15, -0.1) is 0 Å². The fourth-order valence-electron chi connectivity index (χ4n) is 3.24. The van der Waals surface area contributed by atoms with Gasteiger partial charge in [0.1, 0.15) is 0 Å². The minimum atomic E-state index is -0.107. The van der Waals surface area contributed by atoms with Gasteiger partial charge in [0.2, 0.25) is 0 Å². The number of hydrogen-bond acceptors (Lipinski definition) is 4. The number of aromatic nitrogens is 2. The standard InChI is InChI=1S/C21H22N4O2/c26-21(17-6-4-9-19(14-17)25-11-5-10-23-25)22-15-20-16-24(12-13-27-20)18-7-2-1-3-8-18/h1-11,14,20H,12-13,15-16H2,(H,22,26)/t20-/m1/s1. The lowest BCUT2D eigenvalue weighted by Gasteiger charge is -2.34. The van der Waals surface area contributed by atoms with Crippen LogP contribution in [-0.4, -0.2) is 48.0 Å². The summed E-state index contributed by atoms with van der Waals surface area (Å²) in [6.07, 6.45) is 3.54. The number of nitrogens with zero attached hydrogens (tertiary/aromatic N) is 3. The van der Waals surface area contributed by atoms with Gasteiger partial charge in [-0.2, -0.15) is 5.10 Å². The van der Waals surface area contributed by atoms with E-state index in [-0.39, 0.29) is 12.0 Å². The molecule has 1 amide bonds. The van der Waals surface area contributed by atoms with Crippen molar-refractivity contribution in [3.8, 4) is 5.69 Å². The third-order valence-electron chi connectivity index (χ3n) is 4.63. The quantitative estimate of drug-likeness (QED) is 0.758. The van der Waals surface area contributed by atoms with E-state index in [1.807, 2.05) is 48.7 Å². The fourth-order valence-corrected chi connectivity index (χ4v) is 3.24. The molecule has 138 valence electrons. The average molecular weight is 362 g/mol. The van der Waals surface area contributed by atoms with Crippen molar-refractivity contribution in [3.63, 3.8) is 0 Å². The summed E-state index contributed by atoms with van der Waals surface area (Å²) in [5.41, 5.74) is 2.65. The first-order chi connectivity index (χ1) is 13.3. The van der Waals surface area contributed by atoms with Crippen LogP contribution in [0.2, 0.25) is 0 Å². The molecule has 1 saturated heterocycles. The first-order valence-corrected chi connectivity index (χ1v) is 9.09. The largest absolute Gasteiger partial charge is 0.373 e. The number of morpholine rings is 1. The minimum absolute atomic E-state index is 0.0304. The Balaban J connectivity index is 1.36.